The Bertz CT molecular complexity index is 946. The molecule has 2 aliphatic rings. The van der Waals surface area contributed by atoms with Crippen LogP contribution >= 0.6 is 0 Å². The molecular weight excluding hydrogens is 374 g/mol. The summed E-state index contributed by atoms with van der Waals surface area (Å²) < 4.78 is 10.9. The molecule has 9 heteroatoms. The third-order valence-corrected chi connectivity index (χ3v) is 5.12. The molecule has 0 atom stereocenters. The first-order valence-electron chi connectivity index (χ1n) is 9.63. The average molecular weight is 399 g/mol. The fourth-order valence-corrected chi connectivity index (χ4v) is 3.70. The number of amides is 2. The number of pyridine rings is 1. The normalized spacial score (nSPS) is 18.0. The molecule has 2 aromatic rings. The summed E-state index contributed by atoms with van der Waals surface area (Å²) in [5, 5.41) is 8.99. The SMILES string of the molecule is COc1nc(N2CCNCC2)ccc1NC(=O)c1coc2c1C(=O)NC(C)(C)C2. The van der Waals surface area contributed by atoms with Gasteiger partial charge < -0.3 is 30.0 Å². The number of hydrogen-bond acceptors (Lipinski definition) is 7. The lowest BCUT2D eigenvalue weighted by Crippen LogP contribution is -2.49. The molecule has 1 fully saturated rings. The lowest BCUT2D eigenvalue weighted by atomic mass is 9.91. The maximum atomic E-state index is 12.9. The van der Waals surface area contributed by atoms with Crippen LogP contribution < -0.4 is 25.6 Å². The summed E-state index contributed by atoms with van der Waals surface area (Å²) in [5.41, 5.74) is 0.498. The fraction of sp³-hybridized carbons (Fsp3) is 0.450. The first-order chi connectivity index (χ1) is 13.9. The Hall–Kier alpha value is -3.07. The van der Waals surface area contributed by atoms with E-state index in [2.05, 4.69) is 25.8 Å². The number of furan rings is 1. The second-order valence-corrected chi connectivity index (χ2v) is 7.88. The summed E-state index contributed by atoms with van der Waals surface area (Å²) in [7, 11) is 1.51. The summed E-state index contributed by atoms with van der Waals surface area (Å²) in [4.78, 5) is 32.0. The first-order valence-corrected chi connectivity index (χ1v) is 9.63. The third kappa shape index (κ3) is 3.77. The minimum Gasteiger partial charge on any atom is -0.479 e. The van der Waals surface area contributed by atoms with Crippen molar-refractivity contribution in [3.8, 4) is 5.88 Å². The average Bonchev–Trinajstić information content (AvgIpc) is 3.12. The van der Waals surface area contributed by atoms with E-state index in [-0.39, 0.29) is 17.0 Å². The lowest BCUT2D eigenvalue weighted by molar-refractivity contribution is 0.0882. The van der Waals surface area contributed by atoms with Crippen LogP contribution in [0.1, 0.15) is 40.3 Å². The van der Waals surface area contributed by atoms with Crippen LogP contribution in [-0.2, 0) is 6.42 Å². The zero-order valence-corrected chi connectivity index (χ0v) is 16.8. The van der Waals surface area contributed by atoms with Crippen molar-refractivity contribution >= 4 is 23.3 Å². The van der Waals surface area contributed by atoms with Gasteiger partial charge in [0.25, 0.3) is 11.8 Å². The van der Waals surface area contributed by atoms with Crippen molar-refractivity contribution in [2.45, 2.75) is 25.8 Å². The van der Waals surface area contributed by atoms with E-state index in [4.69, 9.17) is 9.15 Å². The molecule has 4 heterocycles. The highest BCUT2D eigenvalue weighted by atomic mass is 16.5. The van der Waals surface area contributed by atoms with E-state index in [9.17, 15) is 9.59 Å². The molecule has 0 radical (unpaired) electrons. The highest BCUT2D eigenvalue weighted by Gasteiger charge is 2.36. The van der Waals surface area contributed by atoms with Gasteiger partial charge in [-0.05, 0) is 26.0 Å². The van der Waals surface area contributed by atoms with Gasteiger partial charge in [0.15, 0.2) is 0 Å². The number of nitrogens with zero attached hydrogens (tertiary/aromatic N) is 2. The van der Waals surface area contributed by atoms with Crippen molar-refractivity contribution in [1.82, 2.24) is 15.6 Å². The molecule has 0 aliphatic carbocycles. The van der Waals surface area contributed by atoms with Crippen molar-refractivity contribution in [3.05, 3.63) is 35.3 Å². The van der Waals surface area contributed by atoms with Crippen molar-refractivity contribution < 1.29 is 18.7 Å². The van der Waals surface area contributed by atoms with E-state index in [0.717, 1.165) is 32.0 Å². The van der Waals surface area contributed by atoms with E-state index in [0.29, 0.717) is 23.7 Å². The zero-order valence-electron chi connectivity index (χ0n) is 16.8. The van der Waals surface area contributed by atoms with Crippen LogP contribution in [0, 0.1) is 0 Å². The van der Waals surface area contributed by atoms with Crippen molar-refractivity contribution in [2.24, 2.45) is 0 Å². The second-order valence-electron chi connectivity index (χ2n) is 7.88. The maximum Gasteiger partial charge on any atom is 0.259 e. The number of methoxy groups -OCH3 is 1. The molecule has 2 aromatic heterocycles. The minimum atomic E-state index is -0.445. The van der Waals surface area contributed by atoms with Gasteiger partial charge in [0.05, 0.1) is 18.2 Å². The third-order valence-electron chi connectivity index (χ3n) is 5.12. The molecule has 4 rings (SSSR count). The van der Waals surface area contributed by atoms with Gasteiger partial charge >= 0.3 is 0 Å². The Kier molecular flexibility index (Phi) is 4.91. The molecule has 0 aromatic carbocycles. The van der Waals surface area contributed by atoms with Crippen molar-refractivity contribution in [1.29, 1.82) is 0 Å². The minimum absolute atomic E-state index is 0.196. The summed E-state index contributed by atoms with van der Waals surface area (Å²) >= 11 is 0. The van der Waals surface area contributed by atoms with Gasteiger partial charge in [0.2, 0.25) is 5.88 Å². The van der Waals surface area contributed by atoms with E-state index in [1.54, 1.807) is 6.07 Å². The van der Waals surface area contributed by atoms with Gasteiger partial charge in [-0.2, -0.15) is 4.98 Å². The van der Waals surface area contributed by atoms with Gasteiger partial charge in [0.1, 0.15) is 23.5 Å². The van der Waals surface area contributed by atoms with E-state index in [1.807, 2.05) is 19.9 Å². The fourth-order valence-electron chi connectivity index (χ4n) is 3.70. The zero-order chi connectivity index (χ0) is 20.6. The van der Waals surface area contributed by atoms with E-state index < -0.39 is 11.4 Å². The lowest BCUT2D eigenvalue weighted by Gasteiger charge is -2.29. The molecule has 0 spiro atoms. The number of carbonyl (C=O) groups excluding carboxylic acids is 2. The summed E-state index contributed by atoms with van der Waals surface area (Å²) in [6.07, 6.45) is 1.85. The van der Waals surface area contributed by atoms with Gasteiger partial charge in [-0.1, -0.05) is 0 Å². The van der Waals surface area contributed by atoms with Gasteiger partial charge in [-0.15, -0.1) is 0 Å². The van der Waals surface area contributed by atoms with Crippen LogP contribution in [0.3, 0.4) is 0 Å². The number of aromatic nitrogens is 1. The molecule has 3 N–H and O–H groups in total. The Balaban J connectivity index is 1.56. The Labute approximate surface area is 168 Å². The smallest absolute Gasteiger partial charge is 0.259 e. The Morgan fingerprint density at radius 2 is 2.07 bits per heavy atom. The molecule has 2 amide bonds. The second kappa shape index (κ2) is 7.40. The molecule has 154 valence electrons. The summed E-state index contributed by atoms with van der Waals surface area (Å²) in [5.74, 6) is 0.873. The predicted octanol–water partition coefficient (Wildman–Crippen LogP) is 1.41. The highest BCUT2D eigenvalue weighted by Crippen LogP contribution is 2.30. The molecular formula is C20H25N5O4. The number of anilines is 2. The van der Waals surface area contributed by atoms with E-state index in [1.165, 1.54) is 13.4 Å². The quantitative estimate of drug-likeness (QED) is 0.713. The Morgan fingerprint density at radius 1 is 1.31 bits per heavy atom. The number of fused-ring (bicyclic) bond motifs is 1. The van der Waals surface area contributed by atoms with Crippen LogP contribution in [0.2, 0.25) is 0 Å². The van der Waals surface area contributed by atoms with Crippen molar-refractivity contribution in [3.63, 3.8) is 0 Å². The molecule has 9 nitrogen and oxygen atoms in total. The van der Waals surface area contributed by atoms with Crippen LogP contribution in [0.15, 0.2) is 22.8 Å². The van der Waals surface area contributed by atoms with Gasteiger partial charge in [-0.25, -0.2) is 0 Å². The molecule has 0 saturated carbocycles. The largest absolute Gasteiger partial charge is 0.479 e. The van der Waals surface area contributed by atoms with Crippen molar-refractivity contribution in [2.75, 3.05) is 43.5 Å². The standard InChI is InChI=1S/C20H25N5O4/c1-20(2)10-14-16(18(27)24-20)12(11-29-14)17(26)22-13-4-5-15(23-19(13)28-3)25-8-6-21-7-9-25/h4-5,11,21H,6-10H2,1-3H3,(H,22,26)(H,24,27). The van der Waals surface area contributed by atoms with Crippen LogP contribution in [-0.4, -0.2) is 55.6 Å². The highest BCUT2D eigenvalue weighted by molar-refractivity contribution is 6.13. The predicted molar refractivity (Wildman–Crippen MR) is 108 cm³/mol. The molecule has 2 aliphatic heterocycles. The number of rotatable bonds is 4. The monoisotopic (exact) mass is 399 g/mol. The number of carbonyl (C=O) groups is 2. The number of nitrogens with one attached hydrogen (secondary N) is 3. The van der Waals surface area contributed by atoms with Gasteiger partial charge in [0, 0.05) is 38.1 Å². The topological polar surface area (TPSA) is 109 Å². The van der Waals surface area contributed by atoms with Crippen LogP contribution in [0.5, 0.6) is 5.88 Å². The van der Waals surface area contributed by atoms with Crippen LogP contribution in [0.4, 0.5) is 11.5 Å². The summed E-state index contributed by atoms with van der Waals surface area (Å²) in [6.45, 7) is 7.32. The Morgan fingerprint density at radius 3 is 2.79 bits per heavy atom. The van der Waals surface area contributed by atoms with E-state index >= 15 is 0 Å². The number of hydrogen-bond donors (Lipinski definition) is 3. The maximum absolute atomic E-state index is 12.9. The molecule has 0 unspecified atom stereocenters. The molecule has 1 saturated heterocycles. The summed E-state index contributed by atoms with van der Waals surface area (Å²) in [6, 6.07) is 3.61. The van der Waals surface area contributed by atoms with Gasteiger partial charge in [-0.3, -0.25) is 9.59 Å². The molecule has 0 bridgehead atoms. The van der Waals surface area contributed by atoms with Crippen LogP contribution in [0.25, 0.3) is 0 Å². The molecule has 29 heavy (non-hydrogen) atoms. The first kappa shape index (κ1) is 19.3. The number of piperazine rings is 1. The number of ether oxygens (including phenoxy) is 1.